The molecule has 0 aliphatic carbocycles. The molecule has 3 N–H and O–H groups in total. The molecule has 0 amide bonds. The van der Waals surface area contributed by atoms with Crippen LogP contribution < -0.4 is 11.1 Å². The molecule has 2 aromatic heterocycles. The second-order valence-corrected chi connectivity index (χ2v) is 10.5. The van der Waals surface area contributed by atoms with Crippen molar-refractivity contribution in [2.45, 2.75) is 36.4 Å². The molecule has 1 fully saturated rings. The van der Waals surface area contributed by atoms with Gasteiger partial charge in [-0.15, -0.1) is 0 Å². The summed E-state index contributed by atoms with van der Waals surface area (Å²) in [7, 11) is 1.87. The highest BCUT2D eigenvalue weighted by Crippen LogP contribution is 2.34. The van der Waals surface area contributed by atoms with Crippen LogP contribution >= 0.6 is 0 Å². The van der Waals surface area contributed by atoms with E-state index in [-0.39, 0.29) is 35.2 Å². The zero-order valence-corrected chi connectivity index (χ0v) is 20.5. The lowest BCUT2D eigenvalue weighted by molar-refractivity contribution is -0.137. The summed E-state index contributed by atoms with van der Waals surface area (Å²) in [6, 6.07) is 9.31. The van der Waals surface area contributed by atoms with Crippen LogP contribution in [0.15, 0.2) is 66.0 Å². The van der Waals surface area contributed by atoms with E-state index in [1.165, 1.54) is 16.6 Å². The van der Waals surface area contributed by atoms with Gasteiger partial charge in [-0.05, 0) is 54.3 Å². The molecule has 3 heterocycles. The molecule has 8 nitrogen and oxygen atoms in total. The summed E-state index contributed by atoms with van der Waals surface area (Å²) < 4.78 is 66.6. The third kappa shape index (κ3) is 6.28. The summed E-state index contributed by atoms with van der Waals surface area (Å²) >= 11 is 0. The number of pyridine rings is 1. The van der Waals surface area contributed by atoms with Gasteiger partial charge in [0.2, 0.25) is 10.0 Å². The Hall–Kier alpha value is -3.45. The molecule has 0 saturated carbocycles. The van der Waals surface area contributed by atoms with Crippen molar-refractivity contribution >= 4 is 29.2 Å². The highest BCUT2D eigenvalue weighted by molar-refractivity contribution is 7.89. The van der Waals surface area contributed by atoms with E-state index in [0.29, 0.717) is 37.0 Å². The molecule has 4 rings (SSSR count). The van der Waals surface area contributed by atoms with E-state index in [1.54, 1.807) is 18.5 Å². The van der Waals surface area contributed by atoms with Gasteiger partial charge in [-0.25, -0.2) is 18.4 Å². The van der Waals surface area contributed by atoms with E-state index in [4.69, 9.17) is 13.6 Å². The summed E-state index contributed by atoms with van der Waals surface area (Å²) in [6.07, 6.45) is 0.813. The topological polar surface area (TPSA) is 114 Å². The minimum absolute atomic E-state index is 0.112. The molecule has 1 aliphatic heterocycles. The summed E-state index contributed by atoms with van der Waals surface area (Å²) in [5.41, 5.74) is 6.36. The molecule has 3 aromatic rings. The van der Waals surface area contributed by atoms with Crippen LogP contribution in [0.1, 0.15) is 41.4 Å². The van der Waals surface area contributed by atoms with E-state index in [1.807, 2.05) is 12.1 Å². The molecule has 1 aliphatic rings. The number of anilines is 1. The number of hydrogen-bond donors (Lipinski definition) is 2. The maximum absolute atomic E-state index is 13.1. The number of benzene rings is 1. The fourth-order valence-electron chi connectivity index (χ4n) is 4.04. The molecule has 0 bridgehead atoms. The molecule has 0 atom stereocenters. The van der Waals surface area contributed by atoms with Gasteiger partial charge >= 0.3 is 6.18 Å². The number of nitrogens with one attached hydrogen (secondary N) is 1. The van der Waals surface area contributed by atoms with Crippen molar-refractivity contribution in [3.63, 3.8) is 0 Å². The predicted octanol–water partition coefficient (Wildman–Crippen LogP) is 3.50. The van der Waals surface area contributed by atoms with Crippen LogP contribution in [0.25, 0.3) is 5.47 Å². The van der Waals surface area contributed by atoms with E-state index in [2.05, 4.69) is 20.3 Å². The Bertz CT molecular complexity index is 1380. The highest BCUT2D eigenvalue weighted by Gasteiger charge is 2.34. The third-order valence-corrected chi connectivity index (χ3v) is 7.95. The average molecular weight is 528 g/mol. The smallest absolute Gasteiger partial charge is 0.405 e. The number of hydrogen-bond acceptors (Lipinski definition) is 7. The summed E-state index contributed by atoms with van der Waals surface area (Å²) in [5, 5.41) is 3.22. The van der Waals surface area contributed by atoms with Gasteiger partial charge in [0.1, 0.15) is 19.5 Å². The lowest BCUT2D eigenvalue weighted by atomic mass is 9.92. The Morgan fingerprint density at radius 3 is 2.57 bits per heavy atom. The Labute approximate surface area is 214 Å². The van der Waals surface area contributed by atoms with Crippen molar-refractivity contribution in [2.24, 2.45) is 5.73 Å². The Morgan fingerprint density at radius 2 is 1.92 bits per heavy atom. The highest BCUT2D eigenvalue weighted by atomic mass is 32.2. The number of nitrogens with two attached hydrogens (primary N) is 1. The Morgan fingerprint density at radius 1 is 1.16 bits per heavy atom. The molecular weight excluding hydrogens is 504 g/mol. The minimum atomic E-state index is -4.63. The van der Waals surface area contributed by atoms with Gasteiger partial charge in [0.05, 0.1) is 10.5 Å². The number of sulfonamides is 1. The second-order valence-electron chi connectivity index (χ2n) is 8.54. The van der Waals surface area contributed by atoms with Crippen molar-refractivity contribution in [3.8, 4) is 0 Å². The maximum atomic E-state index is 13.1. The van der Waals surface area contributed by atoms with Crippen molar-refractivity contribution < 1.29 is 21.6 Å². The summed E-state index contributed by atoms with van der Waals surface area (Å²) in [4.78, 5) is 12.7. The first-order chi connectivity index (χ1) is 17.6. The van der Waals surface area contributed by atoms with Crippen LogP contribution in [0.2, 0.25) is 0 Å². The fourth-order valence-corrected chi connectivity index (χ4v) is 5.55. The lowest BCUT2D eigenvalue weighted by Gasteiger charge is -2.31. The number of alkyl halides is 3. The zero-order valence-electron chi connectivity index (χ0n) is 19.7. The third-order valence-electron chi connectivity index (χ3n) is 6.05. The number of nitrogens with zero attached hydrogens (tertiary/aromatic N) is 4. The van der Waals surface area contributed by atoms with Crippen molar-refractivity contribution in [1.82, 2.24) is 19.3 Å². The van der Waals surface area contributed by atoms with Crippen LogP contribution in [-0.4, -0.2) is 48.6 Å². The predicted molar refractivity (Wildman–Crippen MR) is 134 cm³/mol. The van der Waals surface area contributed by atoms with E-state index in [9.17, 15) is 21.6 Å². The fraction of sp³-hybridized carbons (Fsp3) is 0.292. The van der Waals surface area contributed by atoms with Gasteiger partial charge < -0.3 is 11.1 Å². The van der Waals surface area contributed by atoms with Crippen molar-refractivity contribution in [1.29, 1.82) is 0 Å². The maximum Gasteiger partial charge on any atom is 0.416 e. The van der Waals surface area contributed by atoms with Crippen LogP contribution in [0.5, 0.6) is 0 Å². The van der Waals surface area contributed by atoms with Crippen LogP contribution in [-0.2, 0) is 22.7 Å². The normalized spacial score (nSPS) is 16.0. The SMILES string of the molecule is [B]C(=CN)c1nc(NCc2cccnc2)cc(C2CCN(S(=O)(=O)c3cccc(C(F)(F)F)c3)CC2)n1. The first kappa shape index (κ1) is 26.6. The molecular formula is C24H24BF3N6O2S. The minimum Gasteiger partial charge on any atom is -0.405 e. The molecule has 2 radical (unpaired) electrons. The summed E-state index contributed by atoms with van der Waals surface area (Å²) in [6.45, 7) is 0.718. The Balaban J connectivity index is 1.51. The molecule has 1 aromatic carbocycles. The van der Waals surface area contributed by atoms with Gasteiger partial charge in [-0.1, -0.05) is 12.1 Å². The number of aromatic nitrogens is 3. The van der Waals surface area contributed by atoms with Gasteiger partial charge in [0.15, 0.2) is 0 Å². The second kappa shape index (κ2) is 10.9. The van der Waals surface area contributed by atoms with E-state index < -0.39 is 21.8 Å². The number of piperidine rings is 1. The largest absolute Gasteiger partial charge is 0.416 e. The van der Waals surface area contributed by atoms with Crippen molar-refractivity contribution in [3.05, 3.63) is 83.7 Å². The molecule has 13 heteroatoms. The van der Waals surface area contributed by atoms with E-state index in [0.717, 1.165) is 17.7 Å². The van der Waals surface area contributed by atoms with Crippen molar-refractivity contribution in [2.75, 3.05) is 18.4 Å². The van der Waals surface area contributed by atoms with Gasteiger partial charge in [0, 0.05) is 49.7 Å². The Kier molecular flexibility index (Phi) is 7.83. The summed E-state index contributed by atoms with van der Waals surface area (Å²) in [5.74, 6) is 0.652. The first-order valence-electron chi connectivity index (χ1n) is 11.4. The lowest BCUT2D eigenvalue weighted by Crippen LogP contribution is -2.38. The number of halogens is 3. The van der Waals surface area contributed by atoms with E-state index >= 15 is 0 Å². The molecule has 0 spiro atoms. The molecule has 1 saturated heterocycles. The quantitative estimate of drug-likeness (QED) is 0.452. The number of rotatable bonds is 7. The monoisotopic (exact) mass is 528 g/mol. The molecule has 192 valence electrons. The zero-order chi connectivity index (χ0) is 26.6. The van der Waals surface area contributed by atoms with Gasteiger partial charge in [-0.3, -0.25) is 4.98 Å². The molecule has 0 unspecified atom stereocenters. The van der Waals surface area contributed by atoms with Crippen LogP contribution in [0, 0.1) is 0 Å². The first-order valence-corrected chi connectivity index (χ1v) is 12.9. The van der Waals surface area contributed by atoms with Crippen LogP contribution in [0.3, 0.4) is 0 Å². The standard InChI is InChI=1S/C24H24BF3N6O2S/c25-20(13-29)23-32-21(12-22(33-23)31-15-16-3-2-8-30-14-16)17-6-9-34(10-7-17)37(35,36)19-5-1-4-18(11-19)24(26,27)28/h1-5,8,11-14,17H,6-7,9-10,15,29H2,(H,31,32,33). The molecule has 37 heavy (non-hydrogen) atoms. The van der Waals surface area contributed by atoms with Crippen LogP contribution in [0.4, 0.5) is 19.0 Å². The average Bonchev–Trinajstić information content (AvgIpc) is 2.91. The van der Waals surface area contributed by atoms with Gasteiger partial charge in [0.25, 0.3) is 0 Å². The van der Waals surface area contributed by atoms with Gasteiger partial charge in [-0.2, -0.15) is 17.5 Å².